The SMILES string of the molecule is Cc1cc(NC(=O)c2noc(C)c2COc2cccc(C(F)(F)F)c2)n(C)n1. The lowest BCUT2D eigenvalue weighted by Gasteiger charge is -2.10. The Balaban J connectivity index is 1.76. The summed E-state index contributed by atoms with van der Waals surface area (Å²) in [6, 6.07) is 6.17. The molecule has 0 saturated heterocycles. The van der Waals surface area contributed by atoms with E-state index in [9.17, 15) is 18.0 Å². The number of alkyl halides is 3. The second-order valence-corrected chi connectivity index (χ2v) is 6.13. The Kier molecular flexibility index (Phi) is 5.12. The van der Waals surface area contributed by atoms with Gasteiger partial charge in [-0.15, -0.1) is 0 Å². The number of halogens is 3. The van der Waals surface area contributed by atoms with Crippen LogP contribution in [0.4, 0.5) is 19.0 Å². The predicted octanol–water partition coefficient (Wildman–Crippen LogP) is 3.88. The summed E-state index contributed by atoms with van der Waals surface area (Å²) in [6.07, 6.45) is -4.47. The summed E-state index contributed by atoms with van der Waals surface area (Å²) in [7, 11) is 1.67. The third-order valence-corrected chi connectivity index (χ3v) is 3.99. The van der Waals surface area contributed by atoms with Crippen LogP contribution in [-0.4, -0.2) is 20.8 Å². The van der Waals surface area contributed by atoms with Gasteiger partial charge in [0.2, 0.25) is 0 Å². The van der Waals surface area contributed by atoms with Gasteiger partial charge >= 0.3 is 6.18 Å². The predicted molar refractivity (Wildman–Crippen MR) is 92.9 cm³/mol. The van der Waals surface area contributed by atoms with Gasteiger partial charge in [-0.1, -0.05) is 11.2 Å². The number of ether oxygens (including phenoxy) is 1. The Morgan fingerprint density at radius 1 is 1.29 bits per heavy atom. The molecule has 0 bridgehead atoms. The first-order valence-corrected chi connectivity index (χ1v) is 8.22. The number of anilines is 1. The fraction of sp³-hybridized carbons (Fsp3) is 0.278. The van der Waals surface area contributed by atoms with E-state index in [0.29, 0.717) is 17.1 Å². The zero-order valence-electron chi connectivity index (χ0n) is 15.3. The summed E-state index contributed by atoms with van der Waals surface area (Å²) >= 11 is 0. The maximum atomic E-state index is 12.8. The number of carbonyl (C=O) groups excluding carboxylic acids is 1. The average molecular weight is 394 g/mol. The van der Waals surface area contributed by atoms with Gasteiger partial charge in [0, 0.05) is 13.1 Å². The molecule has 1 amide bonds. The van der Waals surface area contributed by atoms with Gasteiger partial charge in [-0.3, -0.25) is 9.48 Å². The fourth-order valence-corrected chi connectivity index (χ4v) is 2.56. The molecule has 1 N–H and O–H groups in total. The van der Waals surface area contributed by atoms with Gasteiger partial charge in [-0.2, -0.15) is 18.3 Å². The Labute approximate surface area is 158 Å². The molecular formula is C18H17F3N4O3. The largest absolute Gasteiger partial charge is 0.489 e. The van der Waals surface area contributed by atoms with E-state index in [2.05, 4.69) is 15.6 Å². The van der Waals surface area contributed by atoms with Gasteiger partial charge < -0.3 is 14.6 Å². The number of carbonyl (C=O) groups is 1. The molecular weight excluding hydrogens is 377 g/mol. The number of nitrogens with zero attached hydrogens (tertiary/aromatic N) is 3. The van der Waals surface area contributed by atoms with Gasteiger partial charge in [0.1, 0.15) is 23.9 Å². The molecule has 2 heterocycles. The molecule has 3 rings (SSSR count). The number of aryl methyl sites for hydroxylation is 3. The fourth-order valence-electron chi connectivity index (χ4n) is 2.56. The molecule has 10 heteroatoms. The highest BCUT2D eigenvalue weighted by molar-refractivity contribution is 6.03. The van der Waals surface area contributed by atoms with E-state index >= 15 is 0 Å². The first-order valence-electron chi connectivity index (χ1n) is 8.22. The second kappa shape index (κ2) is 7.37. The van der Waals surface area contributed by atoms with Crippen LogP contribution >= 0.6 is 0 Å². The maximum absolute atomic E-state index is 12.8. The number of hydrogen-bond donors (Lipinski definition) is 1. The van der Waals surface area contributed by atoms with Crippen molar-refractivity contribution in [3.05, 3.63) is 58.6 Å². The van der Waals surface area contributed by atoms with Gasteiger partial charge in [0.15, 0.2) is 5.69 Å². The van der Waals surface area contributed by atoms with Crippen LogP contribution in [0.3, 0.4) is 0 Å². The smallest absolute Gasteiger partial charge is 0.416 e. The van der Waals surface area contributed by atoms with Crippen molar-refractivity contribution in [1.29, 1.82) is 0 Å². The van der Waals surface area contributed by atoms with Crippen LogP contribution in [0.25, 0.3) is 0 Å². The minimum absolute atomic E-state index is 0.0108. The van der Waals surface area contributed by atoms with Crippen LogP contribution < -0.4 is 10.1 Å². The molecule has 0 aliphatic rings. The van der Waals surface area contributed by atoms with Crippen molar-refractivity contribution in [3.8, 4) is 5.75 Å². The Hall–Kier alpha value is -3.30. The van der Waals surface area contributed by atoms with E-state index in [1.165, 1.54) is 16.8 Å². The number of rotatable bonds is 5. The summed E-state index contributed by atoms with van der Waals surface area (Å²) in [5.41, 5.74) is 0.232. The topological polar surface area (TPSA) is 82.2 Å². The van der Waals surface area contributed by atoms with E-state index in [0.717, 1.165) is 17.8 Å². The van der Waals surface area contributed by atoms with Crippen molar-refractivity contribution in [2.45, 2.75) is 26.6 Å². The molecule has 0 unspecified atom stereocenters. The molecule has 3 aromatic rings. The van der Waals surface area contributed by atoms with Crippen molar-refractivity contribution < 1.29 is 27.2 Å². The van der Waals surface area contributed by atoms with Crippen LogP contribution in [0.15, 0.2) is 34.9 Å². The van der Waals surface area contributed by atoms with Crippen molar-refractivity contribution in [1.82, 2.24) is 14.9 Å². The van der Waals surface area contributed by atoms with Crippen molar-refractivity contribution in [2.75, 3.05) is 5.32 Å². The minimum atomic E-state index is -4.47. The zero-order chi connectivity index (χ0) is 20.5. The molecule has 2 aromatic heterocycles. The molecule has 1 aromatic carbocycles. The monoisotopic (exact) mass is 394 g/mol. The van der Waals surface area contributed by atoms with Crippen molar-refractivity contribution >= 4 is 11.7 Å². The lowest BCUT2D eigenvalue weighted by Crippen LogP contribution is -2.17. The molecule has 0 spiro atoms. The normalized spacial score (nSPS) is 11.5. The highest BCUT2D eigenvalue weighted by Gasteiger charge is 2.30. The third kappa shape index (κ3) is 4.16. The van der Waals surface area contributed by atoms with Crippen LogP contribution in [0.1, 0.15) is 33.1 Å². The second-order valence-electron chi connectivity index (χ2n) is 6.13. The Morgan fingerprint density at radius 2 is 2.04 bits per heavy atom. The standard InChI is InChI=1S/C18H17F3N4O3/c1-10-7-15(25(3)23-10)22-17(26)16-14(11(2)28-24-16)9-27-13-6-4-5-12(8-13)18(19,20)21/h4-8H,9H2,1-3H3,(H,22,26). The number of benzene rings is 1. The van der Waals surface area contributed by atoms with E-state index in [1.54, 1.807) is 27.0 Å². The molecule has 0 saturated carbocycles. The van der Waals surface area contributed by atoms with E-state index < -0.39 is 17.6 Å². The maximum Gasteiger partial charge on any atom is 0.416 e. The summed E-state index contributed by atoms with van der Waals surface area (Å²) in [6.45, 7) is 3.19. The highest BCUT2D eigenvalue weighted by Crippen LogP contribution is 2.31. The van der Waals surface area contributed by atoms with Crippen LogP contribution in [0.2, 0.25) is 0 Å². The summed E-state index contributed by atoms with van der Waals surface area (Å²) in [5.74, 6) is 0.276. The molecule has 0 radical (unpaired) electrons. The van der Waals surface area contributed by atoms with Gasteiger partial charge in [0.25, 0.3) is 5.91 Å². The molecule has 7 nitrogen and oxygen atoms in total. The lowest BCUT2D eigenvalue weighted by molar-refractivity contribution is -0.137. The van der Waals surface area contributed by atoms with E-state index in [-0.39, 0.29) is 18.1 Å². The summed E-state index contributed by atoms with van der Waals surface area (Å²) < 4.78 is 50.4. The number of nitrogens with one attached hydrogen (secondary N) is 1. The Morgan fingerprint density at radius 3 is 2.68 bits per heavy atom. The molecule has 148 valence electrons. The van der Waals surface area contributed by atoms with Crippen LogP contribution in [0.5, 0.6) is 5.75 Å². The van der Waals surface area contributed by atoms with E-state index in [1.807, 2.05) is 0 Å². The first kappa shape index (κ1) is 19.5. The van der Waals surface area contributed by atoms with Crippen LogP contribution in [-0.2, 0) is 19.8 Å². The van der Waals surface area contributed by atoms with Crippen LogP contribution in [0, 0.1) is 13.8 Å². The van der Waals surface area contributed by atoms with E-state index in [4.69, 9.17) is 9.26 Å². The average Bonchev–Trinajstić information content (AvgIpc) is 3.14. The number of aromatic nitrogens is 3. The zero-order valence-corrected chi connectivity index (χ0v) is 15.3. The number of hydrogen-bond acceptors (Lipinski definition) is 5. The Bertz CT molecular complexity index is 1010. The van der Waals surface area contributed by atoms with Gasteiger partial charge in [-0.05, 0) is 32.0 Å². The minimum Gasteiger partial charge on any atom is -0.489 e. The van der Waals surface area contributed by atoms with Crippen molar-refractivity contribution in [2.24, 2.45) is 7.05 Å². The third-order valence-electron chi connectivity index (χ3n) is 3.99. The molecule has 0 aliphatic carbocycles. The van der Waals surface area contributed by atoms with Crippen molar-refractivity contribution in [3.63, 3.8) is 0 Å². The lowest BCUT2D eigenvalue weighted by atomic mass is 10.2. The summed E-state index contributed by atoms with van der Waals surface area (Å²) in [5, 5.41) is 10.5. The summed E-state index contributed by atoms with van der Waals surface area (Å²) in [4.78, 5) is 12.5. The van der Waals surface area contributed by atoms with Gasteiger partial charge in [0.05, 0.1) is 16.8 Å². The first-order chi connectivity index (χ1) is 13.1. The number of amides is 1. The molecule has 0 aliphatic heterocycles. The highest BCUT2D eigenvalue weighted by atomic mass is 19.4. The molecule has 0 fully saturated rings. The quantitative estimate of drug-likeness (QED) is 0.710. The molecule has 0 atom stereocenters. The van der Waals surface area contributed by atoms with Gasteiger partial charge in [-0.25, -0.2) is 0 Å². The molecule has 28 heavy (non-hydrogen) atoms.